The van der Waals surface area contributed by atoms with Crippen LogP contribution < -0.4 is 14.8 Å². The largest absolute Gasteiger partial charge is 0.454 e. The van der Waals surface area contributed by atoms with E-state index in [1.807, 2.05) is 25.1 Å². The van der Waals surface area contributed by atoms with Crippen molar-refractivity contribution in [3.63, 3.8) is 0 Å². The molecule has 1 aliphatic rings. The Labute approximate surface area is 173 Å². The van der Waals surface area contributed by atoms with Crippen molar-refractivity contribution in [3.8, 4) is 11.5 Å². The molecule has 2 heterocycles. The van der Waals surface area contributed by atoms with E-state index in [-0.39, 0.29) is 17.4 Å². The van der Waals surface area contributed by atoms with Crippen molar-refractivity contribution in [2.45, 2.75) is 18.4 Å². The van der Waals surface area contributed by atoms with Gasteiger partial charge >= 0.3 is 0 Å². The maximum Gasteiger partial charge on any atom is 0.266 e. The third kappa shape index (κ3) is 4.18. The molecule has 0 unspecified atom stereocenters. The number of nitrogens with one attached hydrogen (secondary N) is 2. The SMILES string of the molecule is Cc1cccc(CN=C2Nc3c(Oc4ccccc4Cl)cccc3S(=O)(=O)N2)n1. The summed E-state index contributed by atoms with van der Waals surface area (Å²) in [5, 5.41) is 3.43. The number of fused-ring (bicyclic) bond motifs is 1. The zero-order valence-corrected chi connectivity index (χ0v) is 17.0. The second-order valence-electron chi connectivity index (χ2n) is 6.33. The molecule has 0 saturated carbocycles. The quantitative estimate of drug-likeness (QED) is 0.652. The van der Waals surface area contributed by atoms with Gasteiger partial charge in [0.25, 0.3) is 10.0 Å². The van der Waals surface area contributed by atoms with Gasteiger partial charge in [-0.05, 0) is 43.3 Å². The molecule has 29 heavy (non-hydrogen) atoms. The van der Waals surface area contributed by atoms with Crippen LogP contribution in [0.1, 0.15) is 11.4 Å². The number of ether oxygens (including phenoxy) is 1. The van der Waals surface area contributed by atoms with Gasteiger partial charge < -0.3 is 10.1 Å². The van der Waals surface area contributed by atoms with E-state index in [1.165, 1.54) is 6.07 Å². The minimum atomic E-state index is -3.81. The molecular weight excluding hydrogens is 412 g/mol. The fourth-order valence-electron chi connectivity index (χ4n) is 2.83. The summed E-state index contributed by atoms with van der Waals surface area (Å²) in [6.45, 7) is 2.10. The normalized spacial score (nSPS) is 15.9. The highest BCUT2D eigenvalue weighted by Crippen LogP contribution is 2.38. The number of aliphatic imine (C=N–C) groups is 1. The van der Waals surface area contributed by atoms with Gasteiger partial charge in [-0.25, -0.2) is 18.1 Å². The van der Waals surface area contributed by atoms with Crippen LogP contribution in [0.3, 0.4) is 0 Å². The number of sulfonamides is 1. The first kappa shape index (κ1) is 19.2. The highest BCUT2D eigenvalue weighted by Gasteiger charge is 2.29. The highest BCUT2D eigenvalue weighted by molar-refractivity contribution is 7.90. The average Bonchev–Trinajstić information content (AvgIpc) is 2.68. The number of hydrogen-bond donors (Lipinski definition) is 2. The van der Waals surface area contributed by atoms with Gasteiger partial charge in [0, 0.05) is 5.69 Å². The topological polar surface area (TPSA) is 92.7 Å². The Morgan fingerprint density at radius 3 is 2.59 bits per heavy atom. The Morgan fingerprint density at radius 1 is 1.03 bits per heavy atom. The van der Waals surface area contributed by atoms with Crippen LogP contribution >= 0.6 is 11.6 Å². The highest BCUT2D eigenvalue weighted by atomic mass is 35.5. The van der Waals surface area contributed by atoms with Crippen molar-refractivity contribution in [2.75, 3.05) is 5.32 Å². The lowest BCUT2D eigenvalue weighted by Gasteiger charge is -2.23. The summed E-state index contributed by atoms with van der Waals surface area (Å²) in [5.41, 5.74) is 1.88. The van der Waals surface area contributed by atoms with E-state index in [2.05, 4.69) is 20.0 Å². The number of nitrogens with zero attached hydrogens (tertiary/aromatic N) is 2. The zero-order valence-electron chi connectivity index (χ0n) is 15.4. The number of hydrogen-bond acceptors (Lipinski definition) is 5. The fraction of sp³-hybridized carbons (Fsp3) is 0.100. The average molecular weight is 429 g/mol. The maximum atomic E-state index is 12.7. The first-order valence-electron chi connectivity index (χ1n) is 8.74. The van der Waals surface area contributed by atoms with Gasteiger partial charge in [-0.1, -0.05) is 35.9 Å². The molecule has 3 aromatic rings. The van der Waals surface area contributed by atoms with E-state index >= 15 is 0 Å². The Bertz CT molecular complexity index is 1210. The molecule has 0 aliphatic carbocycles. The summed E-state index contributed by atoms with van der Waals surface area (Å²) < 4.78 is 33.7. The molecule has 2 aromatic carbocycles. The number of rotatable bonds is 4. The van der Waals surface area contributed by atoms with Crippen molar-refractivity contribution in [3.05, 3.63) is 77.1 Å². The van der Waals surface area contributed by atoms with Gasteiger partial charge in [0.2, 0.25) is 5.96 Å². The van der Waals surface area contributed by atoms with Crippen LogP contribution in [0.25, 0.3) is 0 Å². The van der Waals surface area contributed by atoms with E-state index < -0.39 is 10.0 Å². The Kier molecular flexibility index (Phi) is 5.12. The smallest absolute Gasteiger partial charge is 0.266 e. The molecule has 1 aliphatic heterocycles. The fourth-order valence-corrected chi connectivity index (χ4v) is 4.17. The van der Waals surface area contributed by atoms with Crippen LogP contribution in [0.5, 0.6) is 11.5 Å². The second kappa shape index (κ2) is 7.73. The zero-order chi connectivity index (χ0) is 20.4. The maximum absolute atomic E-state index is 12.7. The van der Waals surface area contributed by atoms with Gasteiger partial charge in [-0.15, -0.1) is 0 Å². The first-order chi connectivity index (χ1) is 13.9. The number of anilines is 1. The van der Waals surface area contributed by atoms with Gasteiger partial charge in [-0.3, -0.25) is 4.98 Å². The molecule has 9 heteroatoms. The minimum Gasteiger partial charge on any atom is -0.454 e. The summed E-state index contributed by atoms with van der Waals surface area (Å²) in [6, 6.07) is 17.3. The van der Waals surface area contributed by atoms with E-state index in [9.17, 15) is 8.42 Å². The molecule has 0 fully saturated rings. The molecular formula is C20H17ClN4O3S. The standard InChI is InChI=1S/C20H17ClN4O3S/c1-13-6-4-7-14(23-13)12-22-20-24-19-17(28-16-9-3-2-8-15(16)21)10-5-11-18(19)29(26,27)25-20/h2-11H,12H2,1H3,(H2,22,24,25). The summed E-state index contributed by atoms with van der Waals surface area (Å²) in [5.74, 6) is 0.834. The van der Waals surface area contributed by atoms with Crippen LogP contribution in [0.15, 0.2) is 70.6 Å². The molecule has 0 saturated heterocycles. The van der Waals surface area contributed by atoms with Crippen molar-refractivity contribution in [1.29, 1.82) is 0 Å². The van der Waals surface area contributed by atoms with E-state index in [4.69, 9.17) is 16.3 Å². The van der Waals surface area contributed by atoms with E-state index in [0.717, 1.165) is 11.4 Å². The molecule has 7 nitrogen and oxygen atoms in total. The molecule has 1 aromatic heterocycles. The molecule has 4 rings (SSSR count). The van der Waals surface area contributed by atoms with Crippen LogP contribution in [-0.2, 0) is 16.6 Å². The second-order valence-corrected chi connectivity index (χ2v) is 8.39. The lowest BCUT2D eigenvalue weighted by Crippen LogP contribution is -2.40. The van der Waals surface area contributed by atoms with Gasteiger partial charge in [0.1, 0.15) is 16.3 Å². The molecule has 0 radical (unpaired) electrons. The summed E-state index contributed by atoms with van der Waals surface area (Å²) in [4.78, 5) is 8.76. The van der Waals surface area contributed by atoms with Crippen LogP contribution in [0.2, 0.25) is 5.02 Å². The number of benzene rings is 2. The van der Waals surface area contributed by atoms with Crippen LogP contribution in [-0.4, -0.2) is 19.4 Å². The molecule has 0 atom stereocenters. The van der Waals surface area contributed by atoms with Crippen LogP contribution in [0, 0.1) is 6.92 Å². The number of pyridine rings is 1. The molecule has 2 N–H and O–H groups in total. The Balaban J connectivity index is 1.68. The predicted octanol–water partition coefficient (Wildman–Crippen LogP) is 4.10. The van der Waals surface area contributed by atoms with E-state index in [0.29, 0.717) is 22.2 Å². The first-order valence-corrected chi connectivity index (χ1v) is 10.6. The summed E-state index contributed by atoms with van der Waals surface area (Å²) in [7, 11) is -3.81. The molecule has 0 spiro atoms. The lowest BCUT2D eigenvalue weighted by atomic mass is 10.2. The predicted molar refractivity (Wildman–Crippen MR) is 112 cm³/mol. The molecule has 0 amide bonds. The van der Waals surface area contributed by atoms with Crippen LogP contribution in [0.4, 0.5) is 5.69 Å². The van der Waals surface area contributed by atoms with Crippen molar-refractivity contribution in [2.24, 2.45) is 4.99 Å². The minimum absolute atomic E-state index is 0.0645. The number of aryl methyl sites for hydroxylation is 1. The molecule has 148 valence electrons. The monoisotopic (exact) mass is 428 g/mol. The van der Waals surface area contributed by atoms with E-state index in [1.54, 1.807) is 36.4 Å². The Hall–Kier alpha value is -3.10. The van der Waals surface area contributed by atoms with Crippen molar-refractivity contribution < 1.29 is 13.2 Å². The van der Waals surface area contributed by atoms with Gasteiger partial charge in [0.15, 0.2) is 5.75 Å². The van der Waals surface area contributed by atoms with Gasteiger partial charge in [0.05, 0.1) is 17.3 Å². The molecule has 0 bridgehead atoms. The number of halogens is 1. The lowest BCUT2D eigenvalue weighted by molar-refractivity contribution is 0.483. The summed E-state index contributed by atoms with van der Waals surface area (Å²) in [6.07, 6.45) is 0. The Morgan fingerprint density at radius 2 is 1.79 bits per heavy atom. The number of aromatic nitrogens is 1. The van der Waals surface area contributed by atoms with Crippen molar-refractivity contribution in [1.82, 2.24) is 9.71 Å². The number of guanidine groups is 1. The third-order valence-electron chi connectivity index (χ3n) is 4.15. The number of para-hydroxylation sites is 2. The van der Waals surface area contributed by atoms with Crippen molar-refractivity contribution >= 4 is 33.3 Å². The third-order valence-corrected chi connectivity index (χ3v) is 5.85. The van der Waals surface area contributed by atoms with Gasteiger partial charge in [-0.2, -0.15) is 0 Å². The summed E-state index contributed by atoms with van der Waals surface area (Å²) >= 11 is 6.17.